The van der Waals surface area contributed by atoms with Crippen LogP contribution >= 0.6 is 0 Å². The summed E-state index contributed by atoms with van der Waals surface area (Å²) in [6.07, 6.45) is 5.41. The molecule has 0 amide bonds. The molecule has 1 unspecified atom stereocenters. The van der Waals surface area contributed by atoms with Gasteiger partial charge in [-0.05, 0) is 38.3 Å². The van der Waals surface area contributed by atoms with Crippen molar-refractivity contribution in [1.82, 2.24) is 10.2 Å². The van der Waals surface area contributed by atoms with Gasteiger partial charge in [0.05, 0.1) is 6.54 Å². The molecule has 1 aliphatic heterocycles. The van der Waals surface area contributed by atoms with Gasteiger partial charge in [0.2, 0.25) is 0 Å². The van der Waals surface area contributed by atoms with Gasteiger partial charge in [-0.15, -0.1) is 6.58 Å². The van der Waals surface area contributed by atoms with E-state index >= 15 is 0 Å². The summed E-state index contributed by atoms with van der Waals surface area (Å²) in [5.41, 5.74) is 0. The van der Waals surface area contributed by atoms with E-state index in [1.807, 2.05) is 6.08 Å². The van der Waals surface area contributed by atoms with Crippen molar-refractivity contribution in [2.24, 2.45) is 5.92 Å². The average molecular weight is 226 g/mol. The Kier molecular flexibility index (Phi) is 6.11. The van der Waals surface area contributed by atoms with E-state index in [-0.39, 0.29) is 6.54 Å². The van der Waals surface area contributed by atoms with Crippen LogP contribution in [0.3, 0.4) is 0 Å². The molecule has 0 aromatic carbocycles. The maximum absolute atomic E-state index is 10.4. The van der Waals surface area contributed by atoms with Crippen LogP contribution in [0.1, 0.15) is 19.3 Å². The second-order valence-corrected chi connectivity index (χ2v) is 4.41. The van der Waals surface area contributed by atoms with E-state index in [4.69, 9.17) is 5.11 Å². The van der Waals surface area contributed by atoms with Crippen LogP contribution in [0.5, 0.6) is 0 Å². The molecule has 1 atom stereocenters. The minimum Gasteiger partial charge on any atom is -0.480 e. The van der Waals surface area contributed by atoms with Gasteiger partial charge in [-0.2, -0.15) is 0 Å². The van der Waals surface area contributed by atoms with Crippen LogP contribution < -0.4 is 5.32 Å². The minimum absolute atomic E-state index is 0.0726. The first-order valence-corrected chi connectivity index (χ1v) is 5.98. The van der Waals surface area contributed by atoms with Crippen LogP contribution in [0, 0.1) is 5.92 Å². The number of nitrogens with zero attached hydrogens (tertiary/aromatic N) is 1. The number of hydrogen-bond donors (Lipinski definition) is 2. The summed E-state index contributed by atoms with van der Waals surface area (Å²) in [5.74, 6) is -0.183. The number of aliphatic carboxylic acids is 1. The third-order valence-electron chi connectivity index (χ3n) is 2.96. The summed E-state index contributed by atoms with van der Waals surface area (Å²) in [6, 6.07) is 0. The van der Waals surface area contributed by atoms with Gasteiger partial charge in [-0.1, -0.05) is 6.08 Å². The largest absolute Gasteiger partial charge is 0.480 e. The lowest BCUT2D eigenvalue weighted by molar-refractivity contribution is -0.136. The van der Waals surface area contributed by atoms with E-state index in [1.54, 1.807) is 0 Å². The highest BCUT2D eigenvalue weighted by Crippen LogP contribution is 2.15. The molecule has 0 spiro atoms. The topological polar surface area (TPSA) is 52.6 Å². The lowest BCUT2D eigenvalue weighted by atomic mass is 9.98. The molecule has 0 aromatic rings. The summed E-state index contributed by atoms with van der Waals surface area (Å²) in [7, 11) is 0. The number of hydrogen-bond acceptors (Lipinski definition) is 3. The van der Waals surface area contributed by atoms with E-state index < -0.39 is 5.97 Å². The normalized spacial score (nSPS) is 21.9. The van der Waals surface area contributed by atoms with E-state index in [2.05, 4.69) is 16.8 Å². The Balaban J connectivity index is 2.16. The molecule has 1 saturated heterocycles. The predicted molar refractivity (Wildman–Crippen MR) is 64.5 cm³/mol. The monoisotopic (exact) mass is 226 g/mol. The van der Waals surface area contributed by atoms with E-state index in [0.717, 1.165) is 26.1 Å². The number of piperidine rings is 1. The Morgan fingerprint density at radius 1 is 1.62 bits per heavy atom. The maximum atomic E-state index is 10.4. The molecule has 2 N–H and O–H groups in total. The van der Waals surface area contributed by atoms with Crippen molar-refractivity contribution in [3.05, 3.63) is 12.7 Å². The van der Waals surface area contributed by atoms with Crippen molar-refractivity contribution in [1.29, 1.82) is 0 Å². The number of rotatable bonds is 7. The molecular formula is C12H22N2O2. The molecule has 0 aromatic heterocycles. The number of nitrogens with one attached hydrogen (secondary N) is 1. The van der Waals surface area contributed by atoms with E-state index in [1.165, 1.54) is 19.4 Å². The zero-order valence-electron chi connectivity index (χ0n) is 9.82. The summed E-state index contributed by atoms with van der Waals surface area (Å²) in [6.45, 7) is 7.95. The van der Waals surface area contributed by atoms with Gasteiger partial charge in [0.1, 0.15) is 0 Å². The van der Waals surface area contributed by atoms with Crippen LogP contribution in [0.2, 0.25) is 0 Å². The fourth-order valence-electron chi connectivity index (χ4n) is 2.18. The van der Waals surface area contributed by atoms with Gasteiger partial charge in [0.25, 0.3) is 0 Å². The molecule has 0 bridgehead atoms. The Hall–Kier alpha value is -0.870. The Labute approximate surface area is 97.3 Å². The molecule has 0 saturated carbocycles. The molecule has 4 heteroatoms. The lowest BCUT2D eigenvalue weighted by Crippen LogP contribution is -2.40. The lowest BCUT2D eigenvalue weighted by Gasteiger charge is -2.32. The van der Waals surface area contributed by atoms with Crippen LogP contribution in [0.4, 0.5) is 0 Å². The molecule has 16 heavy (non-hydrogen) atoms. The molecule has 0 radical (unpaired) electrons. The summed E-state index contributed by atoms with van der Waals surface area (Å²) in [5, 5.41) is 11.5. The number of likely N-dealkylation sites (tertiary alicyclic amines) is 1. The molecule has 0 aliphatic carbocycles. The molecule has 1 rings (SSSR count). The number of carboxylic acid groups (broad SMARTS) is 1. The highest BCUT2D eigenvalue weighted by Gasteiger charge is 2.18. The molecule has 4 nitrogen and oxygen atoms in total. The quantitative estimate of drug-likeness (QED) is 0.635. The standard InChI is InChI=1S/C12H22N2O2/c1-2-3-6-14-7-4-5-11(10-14)8-13-9-12(15)16/h2,11,13H,1,3-10H2,(H,15,16). The molecule has 1 fully saturated rings. The van der Waals surface area contributed by atoms with Crippen molar-refractivity contribution >= 4 is 5.97 Å². The zero-order valence-corrected chi connectivity index (χ0v) is 9.82. The molecular weight excluding hydrogens is 204 g/mol. The second kappa shape index (κ2) is 7.41. The van der Waals surface area contributed by atoms with E-state index in [9.17, 15) is 4.79 Å². The highest BCUT2D eigenvalue weighted by atomic mass is 16.4. The fraction of sp³-hybridized carbons (Fsp3) is 0.750. The minimum atomic E-state index is -0.778. The Morgan fingerprint density at radius 3 is 3.12 bits per heavy atom. The van der Waals surface area contributed by atoms with Crippen molar-refractivity contribution in [2.45, 2.75) is 19.3 Å². The van der Waals surface area contributed by atoms with Crippen LogP contribution in [0.25, 0.3) is 0 Å². The SMILES string of the molecule is C=CCCN1CCCC(CNCC(=O)O)C1. The number of carbonyl (C=O) groups is 1. The average Bonchev–Trinajstić information content (AvgIpc) is 2.26. The van der Waals surface area contributed by atoms with Crippen LogP contribution in [-0.4, -0.2) is 48.7 Å². The van der Waals surface area contributed by atoms with Crippen molar-refractivity contribution < 1.29 is 9.90 Å². The maximum Gasteiger partial charge on any atom is 0.317 e. The van der Waals surface area contributed by atoms with Gasteiger partial charge in [0.15, 0.2) is 0 Å². The summed E-state index contributed by atoms with van der Waals surface area (Å²) < 4.78 is 0. The van der Waals surface area contributed by atoms with Crippen molar-refractivity contribution in [2.75, 3.05) is 32.7 Å². The molecule has 92 valence electrons. The summed E-state index contributed by atoms with van der Waals surface area (Å²) in [4.78, 5) is 12.8. The number of carboxylic acids is 1. The first kappa shape index (κ1) is 13.2. The van der Waals surface area contributed by atoms with Gasteiger partial charge >= 0.3 is 5.97 Å². The van der Waals surface area contributed by atoms with Crippen LogP contribution in [-0.2, 0) is 4.79 Å². The highest BCUT2D eigenvalue weighted by molar-refractivity contribution is 5.68. The third-order valence-corrected chi connectivity index (χ3v) is 2.96. The predicted octanol–water partition coefficient (Wildman–Crippen LogP) is 0.949. The van der Waals surface area contributed by atoms with Crippen molar-refractivity contribution in [3.63, 3.8) is 0 Å². The summed E-state index contributed by atoms with van der Waals surface area (Å²) >= 11 is 0. The fourth-order valence-corrected chi connectivity index (χ4v) is 2.18. The second-order valence-electron chi connectivity index (χ2n) is 4.41. The van der Waals surface area contributed by atoms with Gasteiger partial charge in [-0.3, -0.25) is 4.79 Å². The molecule has 1 aliphatic rings. The van der Waals surface area contributed by atoms with Gasteiger partial charge in [0, 0.05) is 13.1 Å². The van der Waals surface area contributed by atoms with Gasteiger partial charge < -0.3 is 15.3 Å². The Bertz CT molecular complexity index is 231. The third kappa shape index (κ3) is 5.28. The first-order valence-electron chi connectivity index (χ1n) is 5.98. The first-order chi connectivity index (χ1) is 7.72. The van der Waals surface area contributed by atoms with E-state index in [0.29, 0.717) is 5.92 Å². The smallest absolute Gasteiger partial charge is 0.317 e. The zero-order chi connectivity index (χ0) is 11.8. The van der Waals surface area contributed by atoms with Crippen molar-refractivity contribution in [3.8, 4) is 0 Å². The van der Waals surface area contributed by atoms with Gasteiger partial charge in [-0.25, -0.2) is 0 Å². The Morgan fingerprint density at radius 2 is 2.44 bits per heavy atom. The molecule has 1 heterocycles. The van der Waals surface area contributed by atoms with Crippen LogP contribution in [0.15, 0.2) is 12.7 Å².